The summed E-state index contributed by atoms with van der Waals surface area (Å²) in [5, 5.41) is 10.1. The molecule has 0 fully saturated rings. The molecule has 6 nitrogen and oxygen atoms in total. The summed E-state index contributed by atoms with van der Waals surface area (Å²) in [4.78, 5) is 16.9. The number of nitrogens with one attached hydrogen (secondary N) is 2. The first-order valence-electron chi connectivity index (χ1n) is 9.98. The van der Waals surface area contributed by atoms with E-state index in [1.165, 1.54) is 5.56 Å². The SMILES string of the molecule is CC(C)(C)c1cc(NC(=O)Cc2ccc(-c3cnc4c(c3)CCCN4)cc2)no1. The van der Waals surface area contributed by atoms with Crippen LogP contribution in [0.2, 0.25) is 0 Å². The number of anilines is 2. The molecule has 0 spiro atoms. The maximum Gasteiger partial charge on any atom is 0.230 e. The van der Waals surface area contributed by atoms with Gasteiger partial charge in [0, 0.05) is 29.8 Å². The van der Waals surface area contributed by atoms with Gasteiger partial charge in [0.05, 0.1) is 6.42 Å². The molecule has 0 saturated carbocycles. The number of hydrogen-bond acceptors (Lipinski definition) is 5. The third kappa shape index (κ3) is 4.47. The van der Waals surface area contributed by atoms with Crippen LogP contribution in [-0.2, 0) is 23.1 Å². The van der Waals surface area contributed by atoms with Crippen molar-refractivity contribution in [2.45, 2.75) is 45.4 Å². The summed E-state index contributed by atoms with van der Waals surface area (Å²) in [6.07, 6.45) is 4.37. The second-order valence-corrected chi connectivity index (χ2v) is 8.51. The summed E-state index contributed by atoms with van der Waals surface area (Å²) < 4.78 is 5.31. The number of fused-ring (bicyclic) bond motifs is 1. The van der Waals surface area contributed by atoms with Crippen LogP contribution in [0.15, 0.2) is 47.1 Å². The second kappa shape index (κ2) is 7.70. The van der Waals surface area contributed by atoms with E-state index in [0.717, 1.165) is 47.7 Å². The lowest BCUT2D eigenvalue weighted by atomic mass is 9.93. The van der Waals surface area contributed by atoms with E-state index in [1.807, 2.05) is 51.2 Å². The zero-order chi connectivity index (χ0) is 20.4. The monoisotopic (exact) mass is 390 g/mol. The first-order chi connectivity index (χ1) is 13.9. The van der Waals surface area contributed by atoms with Crippen LogP contribution in [0, 0.1) is 0 Å². The molecule has 0 bridgehead atoms. The van der Waals surface area contributed by atoms with Crippen LogP contribution in [0.1, 0.15) is 44.1 Å². The van der Waals surface area contributed by atoms with Crippen molar-refractivity contribution in [2.75, 3.05) is 17.2 Å². The van der Waals surface area contributed by atoms with Gasteiger partial charge in [0.1, 0.15) is 11.6 Å². The minimum absolute atomic E-state index is 0.118. The largest absolute Gasteiger partial charge is 0.370 e. The number of pyridine rings is 1. The molecular weight excluding hydrogens is 364 g/mol. The van der Waals surface area contributed by atoms with Gasteiger partial charge in [0.15, 0.2) is 5.82 Å². The molecule has 1 aliphatic rings. The molecule has 29 heavy (non-hydrogen) atoms. The Bertz CT molecular complexity index is 1020. The highest BCUT2D eigenvalue weighted by Crippen LogP contribution is 2.27. The molecule has 0 unspecified atom stereocenters. The van der Waals surface area contributed by atoms with Gasteiger partial charge in [-0.2, -0.15) is 0 Å². The predicted octanol–water partition coefficient (Wildman–Crippen LogP) is 4.57. The van der Waals surface area contributed by atoms with Crippen LogP contribution >= 0.6 is 0 Å². The molecule has 2 aromatic heterocycles. The van der Waals surface area contributed by atoms with E-state index in [0.29, 0.717) is 5.82 Å². The van der Waals surface area contributed by atoms with Crippen molar-refractivity contribution in [1.29, 1.82) is 0 Å². The lowest BCUT2D eigenvalue weighted by Gasteiger charge is -2.17. The predicted molar refractivity (Wildman–Crippen MR) is 114 cm³/mol. The van der Waals surface area contributed by atoms with Crippen LogP contribution in [0.5, 0.6) is 0 Å². The number of hydrogen-bond donors (Lipinski definition) is 2. The Morgan fingerprint density at radius 2 is 1.97 bits per heavy atom. The van der Waals surface area contributed by atoms with E-state index in [9.17, 15) is 4.79 Å². The molecule has 0 saturated heterocycles. The van der Waals surface area contributed by atoms with E-state index < -0.39 is 0 Å². The summed E-state index contributed by atoms with van der Waals surface area (Å²) in [5.41, 5.74) is 4.26. The van der Waals surface area contributed by atoms with E-state index in [1.54, 1.807) is 6.07 Å². The standard InChI is InChI=1S/C23H26N4O2/c1-23(2,3)19-13-20(27-29-19)26-21(28)11-15-6-8-16(9-7-15)18-12-17-5-4-10-24-22(17)25-14-18/h6-9,12-14H,4-5,10-11H2,1-3H3,(H,24,25)(H,26,27,28). The van der Waals surface area contributed by atoms with Crippen molar-refractivity contribution in [2.24, 2.45) is 0 Å². The van der Waals surface area contributed by atoms with Gasteiger partial charge < -0.3 is 15.2 Å². The number of aromatic nitrogens is 2. The third-order valence-corrected chi connectivity index (χ3v) is 5.05. The van der Waals surface area contributed by atoms with Gasteiger partial charge in [-0.3, -0.25) is 4.79 Å². The average molecular weight is 390 g/mol. The normalized spacial score (nSPS) is 13.5. The summed E-state index contributed by atoms with van der Waals surface area (Å²) in [7, 11) is 0. The van der Waals surface area contributed by atoms with Crippen molar-refractivity contribution >= 4 is 17.5 Å². The third-order valence-electron chi connectivity index (χ3n) is 5.05. The number of rotatable bonds is 4. The molecule has 0 atom stereocenters. The number of benzene rings is 1. The lowest BCUT2D eigenvalue weighted by molar-refractivity contribution is -0.115. The Morgan fingerprint density at radius 1 is 1.17 bits per heavy atom. The van der Waals surface area contributed by atoms with Gasteiger partial charge in [0.2, 0.25) is 5.91 Å². The molecule has 0 radical (unpaired) electrons. The van der Waals surface area contributed by atoms with Gasteiger partial charge in [-0.25, -0.2) is 4.98 Å². The van der Waals surface area contributed by atoms with Crippen molar-refractivity contribution in [3.8, 4) is 11.1 Å². The van der Waals surface area contributed by atoms with Gasteiger partial charge in [-0.05, 0) is 35.6 Å². The molecule has 1 amide bonds. The van der Waals surface area contributed by atoms with Crippen LogP contribution in [0.4, 0.5) is 11.6 Å². The fraction of sp³-hybridized carbons (Fsp3) is 0.348. The summed E-state index contributed by atoms with van der Waals surface area (Å²) in [6, 6.07) is 12.0. The quantitative estimate of drug-likeness (QED) is 0.682. The number of nitrogens with zero attached hydrogens (tertiary/aromatic N) is 2. The summed E-state index contributed by atoms with van der Waals surface area (Å²) in [6.45, 7) is 7.10. The Balaban J connectivity index is 1.40. The fourth-order valence-electron chi connectivity index (χ4n) is 3.38. The van der Waals surface area contributed by atoms with E-state index >= 15 is 0 Å². The Hall–Kier alpha value is -3.15. The highest BCUT2D eigenvalue weighted by atomic mass is 16.5. The smallest absolute Gasteiger partial charge is 0.230 e. The van der Waals surface area contributed by atoms with E-state index in [4.69, 9.17) is 4.52 Å². The zero-order valence-corrected chi connectivity index (χ0v) is 17.1. The molecule has 1 aromatic carbocycles. The van der Waals surface area contributed by atoms with Gasteiger partial charge in [-0.1, -0.05) is 50.2 Å². The molecule has 4 rings (SSSR count). The Kier molecular flexibility index (Phi) is 5.09. The number of amides is 1. The molecule has 3 aromatic rings. The van der Waals surface area contributed by atoms with Crippen molar-refractivity contribution in [1.82, 2.24) is 10.1 Å². The molecular formula is C23H26N4O2. The van der Waals surface area contributed by atoms with Crippen LogP contribution in [-0.4, -0.2) is 22.6 Å². The Labute approximate surface area is 170 Å². The second-order valence-electron chi connectivity index (χ2n) is 8.51. The van der Waals surface area contributed by atoms with Gasteiger partial charge in [-0.15, -0.1) is 0 Å². The zero-order valence-electron chi connectivity index (χ0n) is 17.1. The maximum atomic E-state index is 12.3. The molecule has 6 heteroatoms. The van der Waals surface area contributed by atoms with Crippen molar-refractivity contribution in [3.05, 3.63) is 59.5 Å². The Morgan fingerprint density at radius 3 is 2.69 bits per heavy atom. The highest BCUT2D eigenvalue weighted by molar-refractivity contribution is 5.91. The molecule has 3 heterocycles. The van der Waals surface area contributed by atoms with E-state index in [-0.39, 0.29) is 17.7 Å². The topological polar surface area (TPSA) is 80.0 Å². The minimum Gasteiger partial charge on any atom is -0.370 e. The first kappa shape index (κ1) is 19.2. The van der Waals surface area contributed by atoms with Crippen LogP contribution < -0.4 is 10.6 Å². The number of carbonyl (C=O) groups excluding carboxylic acids is 1. The number of carbonyl (C=O) groups is 1. The minimum atomic E-state index is -0.145. The van der Waals surface area contributed by atoms with E-state index in [2.05, 4.69) is 26.8 Å². The van der Waals surface area contributed by atoms with Crippen molar-refractivity contribution in [3.63, 3.8) is 0 Å². The molecule has 2 N–H and O–H groups in total. The lowest BCUT2D eigenvalue weighted by Crippen LogP contribution is -2.14. The average Bonchev–Trinajstić information content (AvgIpc) is 3.17. The molecule has 1 aliphatic heterocycles. The summed E-state index contributed by atoms with van der Waals surface area (Å²) in [5.74, 6) is 2.07. The van der Waals surface area contributed by atoms with Crippen LogP contribution in [0.25, 0.3) is 11.1 Å². The highest BCUT2D eigenvalue weighted by Gasteiger charge is 2.20. The first-order valence-corrected chi connectivity index (χ1v) is 9.98. The number of aryl methyl sites for hydroxylation is 1. The van der Waals surface area contributed by atoms with Gasteiger partial charge >= 0.3 is 0 Å². The molecule has 0 aliphatic carbocycles. The van der Waals surface area contributed by atoms with Gasteiger partial charge in [0.25, 0.3) is 0 Å². The fourth-order valence-corrected chi connectivity index (χ4v) is 3.38. The maximum absolute atomic E-state index is 12.3. The van der Waals surface area contributed by atoms with Crippen LogP contribution in [0.3, 0.4) is 0 Å². The molecule has 150 valence electrons. The summed E-state index contributed by atoms with van der Waals surface area (Å²) >= 11 is 0. The van der Waals surface area contributed by atoms with Crippen molar-refractivity contribution < 1.29 is 9.32 Å².